The van der Waals surface area contributed by atoms with Gasteiger partial charge in [-0.15, -0.1) is 11.3 Å². The van der Waals surface area contributed by atoms with Crippen LogP contribution in [0.2, 0.25) is 0 Å². The lowest BCUT2D eigenvalue weighted by Gasteiger charge is -2.34. The monoisotopic (exact) mass is 580 g/mol. The van der Waals surface area contributed by atoms with Crippen LogP contribution in [0.4, 0.5) is 10.5 Å². The maximum atomic E-state index is 12.8. The van der Waals surface area contributed by atoms with E-state index in [1.165, 1.54) is 24.9 Å². The predicted molar refractivity (Wildman–Crippen MR) is 144 cm³/mol. The van der Waals surface area contributed by atoms with Crippen LogP contribution in [-0.4, -0.2) is 50.4 Å². The zero-order chi connectivity index (χ0) is 26.5. The van der Waals surface area contributed by atoms with Crippen molar-refractivity contribution in [3.8, 4) is 16.2 Å². The number of carbonyl (C=O) groups excluding carboxylic acids is 3. The van der Waals surface area contributed by atoms with Gasteiger partial charge in [0.1, 0.15) is 5.60 Å². The number of halogens is 1. The molecule has 0 spiro atoms. The standard InChI is InChI=1S/C26H33BrN2O6S/c1-26(2,3)35-19(30)15-34-21-20(27)22(36-23(21)24(31)33-5)16-10-9-13-18(14-16)29(25(32)28-4)17-11-7-6-8-12-17/h9-10,13-14,17H,6-8,11-12,15H2,1-5H3,(H,28,32). The minimum absolute atomic E-state index is 0.124. The number of methoxy groups -OCH3 is 1. The number of benzene rings is 1. The van der Waals surface area contributed by atoms with Gasteiger partial charge < -0.3 is 19.5 Å². The molecule has 0 unspecified atom stereocenters. The number of rotatable bonds is 7. The second-order valence-corrected chi connectivity index (χ2v) is 11.4. The lowest BCUT2D eigenvalue weighted by Crippen LogP contribution is -2.46. The van der Waals surface area contributed by atoms with Gasteiger partial charge in [0, 0.05) is 18.8 Å². The van der Waals surface area contributed by atoms with Crippen molar-refractivity contribution in [2.24, 2.45) is 0 Å². The molecule has 36 heavy (non-hydrogen) atoms. The fraction of sp³-hybridized carbons (Fsp3) is 0.500. The minimum Gasteiger partial charge on any atom is -0.479 e. The minimum atomic E-state index is -0.655. The highest BCUT2D eigenvalue weighted by Crippen LogP contribution is 2.46. The summed E-state index contributed by atoms with van der Waals surface area (Å²) in [5.74, 6) is -0.904. The number of urea groups is 1. The predicted octanol–water partition coefficient (Wildman–Crippen LogP) is 6.16. The van der Waals surface area contributed by atoms with Crippen molar-refractivity contribution in [1.29, 1.82) is 0 Å². The van der Waals surface area contributed by atoms with Crippen LogP contribution in [0.1, 0.15) is 62.5 Å². The molecule has 2 amide bonds. The number of hydrogen-bond donors (Lipinski definition) is 1. The number of nitrogens with one attached hydrogen (secondary N) is 1. The van der Waals surface area contributed by atoms with Gasteiger partial charge in [0.25, 0.3) is 0 Å². The molecule has 0 saturated heterocycles. The SMILES string of the molecule is CNC(=O)N(c1cccc(-c2sc(C(=O)OC)c(OCC(=O)OC(C)(C)C)c2Br)c1)C1CCCCC1. The Bertz CT molecular complexity index is 1100. The molecule has 1 heterocycles. The van der Waals surface area contributed by atoms with Gasteiger partial charge in [-0.3, -0.25) is 4.90 Å². The van der Waals surface area contributed by atoms with E-state index in [-0.39, 0.29) is 29.3 Å². The van der Waals surface area contributed by atoms with Gasteiger partial charge in [0.2, 0.25) is 0 Å². The number of thiophene rings is 1. The molecule has 1 N–H and O–H groups in total. The van der Waals surface area contributed by atoms with Gasteiger partial charge in [-0.05, 0) is 67.2 Å². The molecule has 1 fully saturated rings. The molecule has 1 aromatic heterocycles. The third kappa shape index (κ3) is 6.79. The number of carbonyl (C=O) groups is 3. The Hall–Kier alpha value is -2.59. The second kappa shape index (κ2) is 12.1. The lowest BCUT2D eigenvalue weighted by molar-refractivity contribution is -0.157. The summed E-state index contributed by atoms with van der Waals surface area (Å²) in [5.41, 5.74) is 0.916. The first-order valence-corrected chi connectivity index (χ1v) is 13.5. The van der Waals surface area contributed by atoms with Gasteiger partial charge in [-0.2, -0.15) is 0 Å². The topological polar surface area (TPSA) is 94.2 Å². The van der Waals surface area contributed by atoms with Gasteiger partial charge in [0.05, 0.1) is 16.5 Å². The maximum Gasteiger partial charge on any atom is 0.351 e. The first kappa shape index (κ1) is 28.0. The van der Waals surface area contributed by atoms with Crippen molar-refractivity contribution < 1.29 is 28.6 Å². The summed E-state index contributed by atoms with van der Waals surface area (Å²) in [6.45, 7) is 4.95. The molecule has 1 aromatic carbocycles. The van der Waals surface area contributed by atoms with Crippen LogP contribution in [0.15, 0.2) is 28.7 Å². The van der Waals surface area contributed by atoms with Crippen molar-refractivity contribution in [2.75, 3.05) is 25.7 Å². The highest BCUT2D eigenvalue weighted by atomic mass is 79.9. The maximum absolute atomic E-state index is 12.8. The molecule has 1 saturated carbocycles. The number of anilines is 1. The molecule has 10 heteroatoms. The van der Waals surface area contributed by atoms with Crippen LogP contribution in [0, 0.1) is 0 Å². The average Bonchev–Trinajstić information content (AvgIpc) is 3.18. The molecule has 1 aliphatic carbocycles. The highest BCUT2D eigenvalue weighted by molar-refractivity contribution is 9.10. The number of ether oxygens (including phenoxy) is 3. The molecule has 0 bridgehead atoms. The van der Waals surface area contributed by atoms with E-state index in [0.717, 1.165) is 41.8 Å². The van der Waals surface area contributed by atoms with Gasteiger partial charge in [0.15, 0.2) is 17.2 Å². The molecule has 1 aliphatic rings. The molecule has 0 atom stereocenters. The molecule has 8 nitrogen and oxygen atoms in total. The summed E-state index contributed by atoms with van der Waals surface area (Å²) < 4.78 is 16.5. The molecule has 196 valence electrons. The van der Waals surface area contributed by atoms with Crippen LogP contribution < -0.4 is 15.0 Å². The van der Waals surface area contributed by atoms with Crippen molar-refractivity contribution in [3.05, 3.63) is 33.6 Å². The van der Waals surface area contributed by atoms with E-state index < -0.39 is 17.5 Å². The van der Waals surface area contributed by atoms with E-state index in [1.807, 2.05) is 29.2 Å². The molecule has 2 aromatic rings. The summed E-state index contributed by atoms with van der Waals surface area (Å²) >= 11 is 4.75. The number of esters is 2. The Morgan fingerprint density at radius 1 is 1.17 bits per heavy atom. The first-order chi connectivity index (χ1) is 17.1. The first-order valence-electron chi connectivity index (χ1n) is 11.9. The van der Waals surface area contributed by atoms with Crippen LogP contribution in [0.5, 0.6) is 5.75 Å². The summed E-state index contributed by atoms with van der Waals surface area (Å²) in [4.78, 5) is 40.4. The molecular formula is C26H33BrN2O6S. The van der Waals surface area contributed by atoms with E-state index in [9.17, 15) is 14.4 Å². The summed E-state index contributed by atoms with van der Waals surface area (Å²) in [7, 11) is 2.92. The van der Waals surface area contributed by atoms with Crippen LogP contribution >= 0.6 is 27.3 Å². The molecular weight excluding hydrogens is 548 g/mol. The fourth-order valence-electron chi connectivity index (χ4n) is 4.19. The third-order valence-corrected chi connectivity index (χ3v) is 7.91. The van der Waals surface area contributed by atoms with Crippen LogP contribution in [-0.2, 0) is 14.3 Å². The van der Waals surface area contributed by atoms with Crippen molar-refractivity contribution in [2.45, 2.75) is 64.5 Å². The van der Waals surface area contributed by atoms with Crippen LogP contribution in [0.25, 0.3) is 10.4 Å². The van der Waals surface area contributed by atoms with Crippen molar-refractivity contribution in [3.63, 3.8) is 0 Å². The number of nitrogens with zero attached hydrogens (tertiary/aromatic N) is 1. The molecule has 3 rings (SSSR count). The van der Waals surface area contributed by atoms with Gasteiger partial charge in [-0.25, -0.2) is 14.4 Å². The van der Waals surface area contributed by atoms with Gasteiger partial charge in [-0.1, -0.05) is 31.4 Å². The Balaban J connectivity index is 1.96. The van der Waals surface area contributed by atoms with E-state index in [0.29, 0.717) is 4.47 Å². The Labute approximate surface area is 224 Å². The largest absolute Gasteiger partial charge is 0.479 e. The Kier molecular flexibility index (Phi) is 9.41. The van der Waals surface area contributed by atoms with E-state index in [2.05, 4.69) is 21.2 Å². The number of amides is 2. The zero-order valence-electron chi connectivity index (χ0n) is 21.3. The Morgan fingerprint density at radius 3 is 2.47 bits per heavy atom. The normalized spacial score (nSPS) is 14.2. The van der Waals surface area contributed by atoms with E-state index in [1.54, 1.807) is 27.8 Å². The molecule has 0 aliphatic heterocycles. The summed E-state index contributed by atoms with van der Waals surface area (Å²) in [6.07, 6.45) is 5.28. The third-order valence-electron chi connectivity index (χ3n) is 5.69. The summed E-state index contributed by atoms with van der Waals surface area (Å²) in [6, 6.07) is 7.60. The Morgan fingerprint density at radius 2 is 1.86 bits per heavy atom. The summed E-state index contributed by atoms with van der Waals surface area (Å²) in [5, 5.41) is 2.77. The van der Waals surface area contributed by atoms with Crippen molar-refractivity contribution >= 4 is 50.9 Å². The quantitative estimate of drug-likeness (QED) is 0.394. The average molecular weight is 582 g/mol. The lowest BCUT2D eigenvalue weighted by atomic mass is 9.94. The van der Waals surface area contributed by atoms with Gasteiger partial charge >= 0.3 is 18.0 Å². The number of hydrogen-bond acceptors (Lipinski definition) is 7. The van der Waals surface area contributed by atoms with Crippen molar-refractivity contribution in [1.82, 2.24) is 5.32 Å². The van der Waals surface area contributed by atoms with Crippen LogP contribution in [0.3, 0.4) is 0 Å². The smallest absolute Gasteiger partial charge is 0.351 e. The highest BCUT2D eigenvalue weighted by Gasteiger charge is 2.29. The fourth-order valence-corrected chi connectivity index (χ4v) is 6.16. The zero-order valence-corrected chi connectivity index (χ0v) is 23.7. The van der Waals surface area contributed by atoms with E-state index >= 15 is 0 Å². The van der Waals surface area contributed by atoms with E-state index in [4.69, 9.17) is 14.2 Å². The molecule has 0 radical (unpaired) electrons. The second-order valence-electron chi connectivity index (χ2n) is 9.54.